The molecular weight excluding hydrogens is 398 g/mol. The highest BCUT2D eigenvalue weighted by atomic mass is 32.2. The zero-order chi connectivity index (χ0) is 20.7. The van der Waals surface area contributed by atoms with Gasteiger partial charge in [0.25, 0.3) is 0 Å². The van der Waals surface area contributed by atoms with Crippen LogP contribution in [-0.4, -0.2) is 21.1 Å². The molecule has 1 amide bonds. The topological polar surface area (TPSA) is 54.9 Å². The average Bonchev–Trinajstić information content (AvgIpc) is 3.02. The third kappa shape index (κ3) is 4.05. The SMILES string of the molecule is Cc1cc(C)c(NC(=O)[C@@H](C)Sc2nc(C)nc3sc4c(c23)CCCC4)c(C)c1. The van der Waals surface area contributed by atoms with Crippen LogP contribution in [0.15, 0.2) is 17.2 Å². The molecule has 1 N–H and O–H groups in total. The van der Waals surface area contributed by atoms with Crippen LogP contribution in [0.1, 0.15) is 52.7 Å². The second-order valence-electron chi connectivity index (χ2n) is 7.99. The lowest BCUT2D eigenvalue weighted by Crippen LogP contribution is -2.23. The molecule has 0 saturated carbocycles. The van der Waals surface area contributed by atoms with Crippen LogP contribution in [0, 0.1) is 27.7 Å². The first-order valence-corrected chi connectivity index (χ1v) is 11.9. The van der Waals surface area contributed by atoms with Gasteiger partial charge in [0.2, 0.25) is 5.91 Å². The molecule has 0 fully saturated rings. The minimum absolute atomic E-state index is 0.0126. The summed E-state index contributed by atoms with van der Waals surface area (Å²) in [4.78, 5) is 24.9. The van der Waals surface area contributed by atoms with Crippen molar-refractivity contribution in [2.75, 3.05) is 5.32 Å². The standard InChI is InChI=1S/C23H27N3OS2/c1-12-10-13(2)20(14(3)11-12)26-21(27)15(4)28-22-19-17-8-6-7-9-18(17)29-23(19)25-16(5)24-22/h10-11,15H,6-9H2,1-5H3,(H,26,27)/t15-/m1/s1. The number of nitrogens with one attached hydrogen (secondary N) is 1. The van der Waals surface area contributed by atoms with Gasteiger partial charge in [0.15, 0.2) is 0 Å². The monoisotopic (exact) mass is 425 g/mol. The van der Waals surface area contributed by atoms with Crippen molar-refractivity contribution in [3.63, 3.8) is 0 Å². The quantitative estimate of drug-likeness (QED) is 0.416. The average molecular weight is 426 g/mol. The molecule has 2 aromatic heterocycles. The number of thiophene rings is 1. The molecule has 2 heterocycles. The lowest BCUT2D eigenvalue weighted by molar-refractivity contribution is -0.115. The van der Waals surface area contributed by atoms with Crippen LogP contribution < -0.4 is 5.32 Å². The number of aromatic nitrogens is 2. The Balaban J connectivity index is 1.61. The van der Waals surface area contributed by atoms with E-state index in [-0.39, 0.29) is 11.2 Å². The molecule has 3 aromatic rings. The Labute approximate surface area is 180 Å². The number of benzene rings is 1. The number of hydrogen-bond donors (Lipinski definition) is 1. The van der Waals surface area contributed by atoms with Gasteiger partial charge in [-0.2, -0.15) is 0 Å². The molecule has 0 unspecified atom stereocenters. The number of fused-ring (bicyclic) bond motifs is 3. The molecule has 0 bridgehead atoms. The summed E-state index contributed by atoms with van der Waals surface area (Å²) in [5.41, 5.74) is 5.74. The second-order valence-corrected chi connectivity index (χ2v) is 10.4. The van der Waals surface area contributed by atoms with E-state index in [4.69, 9.17) is 4.98 Å². The van der Waals surface area contributed by atoms with Crippen molar-refractivity contribution in [3.05, 3.63) is 45.1 Å². The summed E-state index contributed by atoms with van der Waals surface area (Å²) in [7, 11) is 0. The number of aryl methyl sites for hydroxylation is 6. The lowest BCUT2D eigenvalue weighted by Gasteiger charge is -2.17. The molecule has 1 atom stereocenters. The third-order valence-electron chi connectivity index (χ3n) is 5.48. The Hall–Kier alpha value is -1.92. The number of carbonyl (C=O) groups is 1. The molecule has 29 heavy (non-hydrogen) atoms. The molecule has 0 spiro atoms. The van der Waals surface area contributed by atoms with E-state index in [1.807, 2.05) is 27.7 Å². The van der Waals surface area contributed by atoms with Crippen molar-refractivity contribution in [2.45, 2.75) is 70.6 Å². The molecule has 6 heteroatoms. The summed E-state index contributed by atoms with van der Waals surface area (Å²) in [6, 6.07) is 4.21. The van der Waals surface area contributed by atoms with Crippen molar-refractivity contribution >= 4 is 44.9 Å². The minimum Gasteiger partial charge on any atom is -0.325 e. The number of anilines is 1. The first-order valence-electron chi connectivity index (χ1n) is 10.2. The molecule has 1 aliphatic carbocycles. The maximum atomic E-state index is 13.0. The normalized spacial score (nSPS) is 14.7. The van der Waals surface area contributed by atoms with E-state index in [9.17, 15) is 4.79 Å². The predicted octanol–water partition coefficient (Wildman–Crippen LogP) is 5.92. The van der Waals surface area contributed by atoms with Gasteiger partial charge in [-0.1, -0.05) is 29.5 Å². The van der Waals surface area contributed by atoms with Gasteiger partial charge in [-0.05, 0) is 77.0 Å². The lowest BCUT2D eigenvalue weighted by atomic mass is 9.97. The molecule has 4 nitrogen and oxygen atoms in total. The van der Waals surface area contributed by atoms with Crippen molar-refractivity contribution in [1.82, 2.24) is 9.97 Å². The highest BCUT2D eigenvalue weighted by Crippen LogP contribution is 2.40. The van der Waals surface area contributed by atoms with Crippen molar-refractivity contribution in [1.29, 1.82) is 0 Å². The number of hydrogen-bond acceptors (Lipinski definition) is 5. The minimum atomic E-state index is -0.244. The van der Waals surface area contributed by atoms with Gasteiger partial charge < -0.3 is 5.32 Å². The maximum Gasteiger partial charge on any atom is 0.237 e. The van der Waals surface area contributed by atoms with E-state index in [0.29, 0.717) is 0 Å². The fraction of sp³-hybridized carbons (Fsp3) is 0.435. The summed E-state index contributed by atoms with van der Waals surface area (Å²) in [6.07, 6.45) is 4.71. The molecule has 0 aliphatic heterocycles. The fourth-order valence-corrected chi connectivity index (χ4v) is 6.53. The first kappa shape index (κ1) is 20.4. The van der Waals surface area contributed by atoms with Crippen molar-refractivity contribution in [3.8, 4) is 0 Å². The Morgan fingerprint density at radius 3 is 2.52 bits per heavy atom. The van der Waals surface area contributed by atoms with E-state index in [2.05, 4.69) is 29.4 Å². The molecule has 0 saturated heterocycles. The summed E-state index contributed by atoms with van der Waals surface area (Å²) < 4.78 is 0. The molecule has 1 aliphatic rings. The van der Waals surface area contributed by atoms with Crippen LogP contribution in [0.4, 0.5) is 5.69 Å². The first-order chi connectivity index (χ1) is 13.8. The zero-order valence-electron chi connectivity index (χ0n) is 17.7. The van der Waals surface area contributed by atoms with Crippen LogP contribution in [-0.2, 0) is 17.6 Å². The molecule has 0 radical (unpaired) electrons. The Kier molecular flexibility index (Phi) is 5.67. The van der Waals surface area contributed by atoms with E-state index in [0.717, 1.165) is 45.3 Å². The summed E-state index contributed by atoms with van der Waals surface area (Å²) in [5.74, 6) is 0.787. The van der Waals surface area contributed by atoms with E-state index >= 15 is 0 Å². The van der Waals surface area contributed by atoms with E-state index < -0.39 is 0 Å². The van der Waals surface area contributed by atoms with Crippen LogP contribution in [0.5, 0.6) is 0 Å². The Morgan fingerprint density at radius 1 is 1.10 bits per heavy atom. The molecule has 1 aromatic carbocycles. The molecule has 4 rings (SSSR count). The number of thioether (sulfide) groups is 1. The largest absolute Gasteiger partial charge is 0.325 e. The van der Waals surface area contributed by atoms with Crippen LogP contribution in [0.25, 0.3) is 10.2 Å². The Bertz CT molecular complexity index is 1080. The number of amides is 1. The van der Waals surface area contributed by atoms with Gasteiger partial charge in [0, 0.05) is 16.0 Å². The van der Waals surface area contributed by atoms with E-state index in [1.165, 1.54) is 34.2 Å². The van der Waals surface area contributed by atoms with Gasteiger partial charge in [0.1, 0.15) is 15.7 Å². The van der Waals surface area contributed by atoms with Crippen molar-refractivity contribution < 1.29 is 4.79 Å². The number of carbonyl (C=O) groups excluding carboxylic acids is 1. The van der Waals surface area contributed by atoms with Gasteiger partial charge in [-0.3, -0.25) is 4.79 Å². The highest BCUT2D eigenvalue weighted by Gasteiger charge is 2.24. The van der Waals surface area contributed by atoms with Gasteiger partial charge in [-0.15, -0.1) is 11.3 Å². The smallest absolute Gasteiger partial charge is 0.237 e. The van der Waals surface area contributed by atoms with Crippen molar-refractivity contribution in [2.24, 2.45) is 0 Å². The summed E-state index contributed by atoms with van der Waals surface area (Å²) in [6.45, 7) is 10.1. The molecule has 152 valence electrons. The van der Waals surface area contributed by atoms with Gasteiger partial charge in [-0.25, -0.2) is 9.97 Å². The summed E-state index contributed by atoms with van der Waals surface area (Å²) >= 11 is 3.36. The highest BCUT2D eigenvalue weighted by molar-refractivity contribution is 8.00. The summed E-state index contributed by atoms with van der Waals surface area (Å²) in [5, 5.41) is 5.03. The number of nitrogens with zero attached hydrogens (tertiary/aromatic N) is 2. The van der Waals surface area contributed by atoms with Crippen LogP contribution >= 0.6 is 23.1 Å². The van der Waals surface area contributed by atoms with Crippen LogP contribution in [0.2, 0.25) is 0 Å². The second kappa shape index (κ2) is 8.07. The molecular formula is C23H27N3OS2. The fourth-order valence-electron chi connectivity index (χ4n) is 4.13. The van der Waals surface area contributed by atoms with Gasteiger partial charge in [0.05, 0.1) is 5.25 Å². The maximum absolute atomic E-state index is 13.0. The Morgan fingerprint density at radius 2 is 1.79 bits per heavy atom. The van der Waals surface area contributed by atoms with Crippen LogP contribution in [0.3, 0.4) is 0 Å². The van der Waals surface area contributed by atoms with Gasteiger partial charge >= 0.3 is 0 Å². The third-order valence-corrected chi connectivity index (χ3v) is 7.75. The predicted molar refractivity (Wildman–Crippen MR) is 123 cm³/mol. The van der Waals surface area contributed by atoms with E-state index in [1.54, 1.807) is 23.1 Å². The zero-order valence-corrected chi connectivity index (χ0v) is 19.3. The number of rotatable bonds is 4.